The molecule has 2 rings (SSSR count). The Morgan fingerprint density at radius 1 is 1.00 bits per heavy atom. The lowest BCUT2D eigenvalue weighted by atomic mass is 10.0. The predicted molar refractivity (Wildman–Crippen MR) is 101 cm³/mol. The van der Waals surface area contributed by atoms with Crippen molar-refractivity contribution in [3.05, 3.63) is 54.1 Å². The summed E-state index contributed by atoms with van der Waals surface area (Å²) in [6.45, 7) is 0.413. The van der Waals surface area contributed by atoms with Gasteiger partial charge in [-0.1, -0.05) is 18.2 Å². The summed E-state index contributed by atoms with van der Waals surface area (Å²) in [5.74, 6) is 1.99. The lowest BCUT2D eigenvalue weighted by Crippen LogP contribution is -2.37. The van der Waals surface area contributed by atoms with E-state index in [2.05, 4.69) is 5.32 Å². The van der Waals surface area contributed by atoms with Gasteiger partial charge in [0, 0.05) is 12.1 Å². The minimum Gasteiger partial charge on any atom is -0.497 e. The van der Waals surface area contributed by atoms with Crippen molar-refractivity contribution in [1.29, 1.82) is 0 Å². The molecule has 0 saturated heterocycles. The van der Waals surface area contributed by atoms with Crippen LogP contribution in [0.25, 0.3) is 0 Å². The van der Waals surface area contributed by atoms with Crippen molar-refractivity contribution in [3.8, 4) is 17.2 Å². The molecule has 0 saturated carbocycles. The molecule has 1 N–H and O–H groups in total. The van der Waals surface area contributed by atoms with Gasteiger partial charge in [-0.25, -0.2) is 0 Å². The summed E-state index contributed by atoms with van der Waals surface area (Å²) >= 11 is 0. The molecule has 0 aliphatic heterocycles. The number of amides is 1. The average molecular weight is 358 g/mol. The second-order valence-electron chi connectivity index (χ2n) is 5.99. The molecular formula is C20H26N2O4. The standard InChI is InChI=1S/C20H26N2O4/c1-22(2)18(17-7-5-6-8-19(17)25-4)13-21-20(23)14-26-16-11-9-15(24-3)10-12-16/h5-12,18H,13-14H2,1-4H3,(H,21,23)/t18-/m1/s1. The Morgan fingerprint density at radius 3 is 2.27 bits per heavy atom. The Labute approximate surface area is 154 Å². The van der Waals surface area contributed by atoms with E-state index in [0.717, 1.165) is 17.1 Å². The molecular weight excluding hydrogens is 332 g/mol. The molecule has 2 aromatic rings. The highest BCUT2D eigenvalue weighted by molar-refractivity contribution is 5.77. The summed E-state index contributed by atoms with van der Waals surface area (Å²) < 4.78 is 16.0. The number of hydrogen-bond acceptors (Lipinski definition) is 5. The topological polar surface area (TPSA) is 60.0 Å². The van der Waals surface area contributed by atoms with Gasteiger partial charge in [-0.2, -0.15) is 0 Å². The highest BCUT2D eigenvalue weighted by atomic mass is 16.5. The number of para-hydroxylation sites is 1. The first-order valence-corrected chi connectivity index (χ1v) is 8.38. The Kier molecular flexibility index (Phi) is 7.29. The van der Waals surface area contributed by atoms with Gasteiger partial charge >= 0.3 is 0 Å². The Hall–Kier alpha value is -2.73. The number of methoxy groups -OCH3 is 2. The first-order valence-electron chi connectivity index (χ1n) is 8.38. The fourth-order valence-electron chi connectivity index (χ4n) is 2.59. The monoisotopic (exact) mass is 358 g/mol. The molecule has 0 bridgehead atoms. The van der Waals surface area contributed by atoms with Crippen LogP contribution in [0.3, 0.4) is 0 Å². The molecule has 0 unspecified atom stereocenters. The second-order valence-corrected chi connectivity index (χ2v) is 5.99. The van der Waals surface area contributed by atoms with Crippen LogP contribution < -0.4 is 19.5 Å². The van der Waals surface area contributed by atoms with E-state index in [1.165, 1.54) is 0 Å². The van der Waals surface area contributed by atoms with Gasteiger partial charge in [0.15, 0.2) is 6.61 Å². The molecule has 0 aliphatic carbocycles. The van der Waals surface area contributed by atoms with Gasteiger partial charge in [0.2, 0.25) is 0 Å². The second kappa shape index (κ2) is 9.68. The van der Waals surface area contributed by atoms with Gasteiger partial charge in [0.05, 0.1) is 20.3 Å². The Balaban J connectivity index is 1.90. The zero-order chi connectivity index (χ0) is 18.9. The maximum absolute atomic E-state index is 12.1. The molecule has 1 amide bonds. The zero-order valence-corrected chi connectivity index (χ0v) is 15.7. The molecule has 2 aromatic carbocycles. The predicted octanol–water partition coefficient (Wildman–Crippen LogP) is 2.50. The quantitative estimate of drug-likeness (QED) is 0.746. The number of likely N-dealkylation sites (N-methyl/N-ethyl adjacent to an activating group) is 1. The molecule has 0 aliphatic rings. The summed E-state index contributed by atoms with van der Waals surface area (Å²) in [6, 6.07) is 14.9. The highest BCUT2D eigenvalue weighted by Crippen LogP contribution is 2.27. The van der Waals surface area contributed by atoms with Gasteiger partial charge in [-0.15, -0.1) is 0 Å². The number of nitrogens with zero attached hydrogens (tertiary/aromatic N) is 1. The average Bonchev–Trinajstić information content (AvgIpc) is 2.67. The first-order chi connectivity index (χ1) is 12.5. The van der Waals surface area contributed by atoms with E-state index in [9.17, 15) is 4.79 Å². The van der Waals surface area contributed by atoms with Crippen LogP contribution in [0.4, 0.5) is 0 Å². The van der Waals surface area contributed by atoms with Crippen molar-refractivity contribution >= 4 is 5.91 Å². The third kappa shape index (κ3) is 5.39. The molecule has 26 heavy (non-hydrogen) atoms. The number of carbonyl (C=O) groups is 1. The SMILES string of the molecule is COc1ccc(OCC(=O)NC[C@H](c2ccccc2OC)N(C)C)cc1. The van der Waals surface area contributed by atoms with E-state index in [1.54, 1.807) is 38.5 Å². The van der Waals surface area contributed by atoms with E-state index in [0.29, 0.717) is 12.3 Å². The molecule has 1 atom stereocenters. The summed E-state index contributed by atoms with van der Waals surface area (Å²) in [5, 5.41) is 2.92. The lowest BCUT2D eigenvalue weighted by Gasteiger charge is -2.26. The van der Waals surface area contributed by atoms with Crippen LogP contribution in [0.5, 0.6) is 17.2 Å². The van der Waals surface area contributed by atoms with Crippen LogP contribution in [0, 0.1) is 0 Å². The van der Waals surface area contributed by atoms with Gasteiger partial charge in [-0.3, -0.25) is 4.79 Å². The van der Waals surface area contributed by atoms with Crippen molar-refractivity contribution in [1.82, 2.24) is 10.2 Å². The summed E-state index contributed by atoms with van der Waals surface area (Å²) in [5.41, 5.74) is 1.02. The van der Waals surface area contributed by atoms with E-state index in [4.69, 9.17) is 14.2 Å². The number of nitrogens with one attached hydrogen (secondary N) is 1. The summed E-state index contributed by atoms with van der Waals surface area (Å²) in [6.07, 6.45) is 0. The van der Waals surface area contributed by atoms with E-state index < -0.39 is 0 Å². The number of ether oxygens (including phenoxy) is 3. The lowest BCUT2D eigenvalue weighted by molar-refractivity contribution is -0.123. The Morgan fingerprint density at radius 2 is 1.65 bits per heavy atom. The van der Waals surface area contributed by atoms with Crippen LogP contribution in [-0.2, 0) is 4.79 Å². The van der Waals surface area contributed by atoms with Crippen molar-refractivity contribution in [3.63, 3.8) is 0 Å². The molecule has 6 heteroatoms. The third-order valence-corrected chi connectivity index (χ3v) is 4.04. The van der Waals surface area contributed by atoms with Crippen LogP contribution in [-0.4, -0.2) is 52.3 Å². The van der Waals surface area contributed by atoms with Crippen molar-refractivity contribution < 1.29 is 19.0 Å². The maximum Gasteiger partial charge on any atom is 0.258 e. The maximum atomic E-state index is 12.1. The zero-order valence-electron chi connectivity index (χ0n) is 15.7. The molecule has 6 nitrogen and oxygen atoms in total. The smallest absolute Gasteiger partial charge is 0.258 e. The van der Waals surface area contributed by atoms with Gasteiger partial charge < -0.3 is 24.4 Å². The molecule has 0 heterocycles. The normalized spacial score (nSPS) is 11.7. The minimum absolute atomic E-state index is 0.00362. The minimum atomic E-state index is -0.178. The van der Waals surface area contributed by atoms with Crippen molar-refractivity contribution in [2.24, 2.45) is 0 Å². The molecule has 0 radical (unpaired) electrons. The fourth-order valence-corrected chi connectivity index (χ4v) is 2.59. The number of rotatable bonds is 9. The summed E-state index contributed by atoms with van der Waals surface area (Å²) in [7, 11) is 7.19. The molecule has 0 spiro atoms. The molecule has 140 valence electrons. The molecule has 0 aromatic heterocycles. The highest BCUT2D eigenvalue weighted by Gasteiger charge is 2.19. The number of benzene rings is 2. The Bertz CT molecular complexity index is 701. The molecule has 0 fully saturated rings. The van der Waals surface area contributed by atoms with Gasteiger partial charge in [0.25, 0.3) is 5.91 Å². The van der Waals surface area contributed by atoms with E-state index >= 15 is 0 Å². The van der Waals surface area contributed by atoms with Crippen LogP contribution >= 0.6 is 0 Å². The van der Waals surface area contributed by atoms with E-state index in [-0.39, 0.29) is 18.6 Å². The number of hydrogen-bond donors (Lipinski definition) is 1. The van der Waals surface area contributed by atoms with Gasteiger partial charge in [0.1, 0.15) is 17.2 Å². The third-order valence-electron chi connectivity index (χ3n) is 4.04. The van der Waals surface area contributed by atoms with Crippen molar-refractivity contribution in [2.45, 2.75) is 6.04 Å². The summed E-state index contributed by atoms with van der Waals surface area (Å²) in [4.78, 5) is 14.2. The number of carbonyl (C=O) groups excluding carboxylic acids is 1. The van der Waals surface area contributed by atoms with E-state index in [1.807, 2.05) is 43.3 Å². The largest absolute Gasteiger partial charge is 0.497 e. The first kappa shape index (κ1) is 19.6. The fraction of sp³-hybridized carbons (Fsp3) is 0.350. The van der Waals surface area contributed by atoms with Crippen LogP contribution in [0.15, 0.2) is 48.5 Å². The van der Waals surface area contributed by atoms with Crippen molar-refractivity contribution in [2.75, 3.05) is 41.5 Å². The van der Waals surface area contributed by atoms with Crippen LogP contribution in [0.1, 0.15) is 11.6 Å². The van der Waals surface area contributed by atoms with Gasteiger partial charge in [-0.05, 0) is 44.4 Å². The van der Waals surface area contributed by atoms with Crippen LogP contribution in [0.2, 0.25) is 0 Å².